The highest BCUT2D eigenvalue weighted by Crippen LogP contribution is 2.40. The third-order valence-corrected chi connectivity index (χ3v) is 4.84. The van der Waals surface area contributed by atoms with Crippen molar-refractivity contribution >= 4 is 15.9 Å². The molecule has 0 radical (unpaired) electrons. The van der Waals surface area contributed by atoms with Gasteiger partial charge in [-0.25, -0.2) is 0 Å². The van der Waals surface area contributed by atoms with Crippen LogP contribution in [0, 0.1) is 0 Å². The second-order valence-electron chi connectivity index (χ2n) is 4.87. The maximum atomic E-state index is 3.80. The van der Waals surface area contributed by atoms with E-state index in [1.165, 1.54) is 38.5 Å². The van der Waals surface area contributed by atoms with E-state index in [0.717, 1.165) is 23.0 Å². The summed E-state index contributed by atoms with van der Waals surface area (Å²) in [5, 5.41) is 0. The molecular formula is C12H22BrN. The Morgan fingerprint density at radius 3 is 2.07 bits per heavy atom. The van der Waals surface area contributed by atoms with Gasteiger partial charge in [0.25, 0.3) is 0 Å². The first-order valence-corrected chi connectivity index (χ1v) is 7.09. The third kappa shape index (κ3) is 1.88. The van der Waals surface area contributed by atoms with Crippen molar-refractivity contribution in [1.29, 1.82) is 0 Å². The molecule has 2 unspecified atom stereocenters. The molecule has 0 aromatic rings. The largest absolute Gasteiger partial charge is 0.294 e. The number of rotatable bonds is 3. The van der Waals surface area contributed by atoms with Crippen LogP contribution in [-0.4, -0.2) is 27.9 Å². The van der Waals surface area contributed by atoms with Crippen LogP contribution in [0.3, 0.4) is 0 Å². The van der Waals surface area contributed by atoms with E-state index >= 15 is 0 Å². The van der Waals surface area contributed by atoms with Crippen molar-refractivity contribution in [1.82, 2.24) is 4.90 Å². The number of fused-ring (bicyclic) bond motifs is 2. The molecule has 2 saturated heterocycles. The van der Waals surface area contributed by atoms with Crippen LogP contribution in [0.15, 0.2) is 0 Å². The van der Waals surface area contributed by atoms with Crippen molar-refractivity contribution in [3.05, 3.63) is 0 Å². The minimum Gasteiger partial charge on any atom is -0.294 e. The van der Waals surface area contributed by atoms with Crippen molar-refractivity contribution < 1.29 is 0 Å². The molecule has 0 aliphatic carbocycles. The predicted octanol–water partition coefficient (Wildman–Crippen LogP) is 3.57. The van der Waals surface area contributed by atoms with Gasteiger partial charge in [0.15, 0.2) is 0 Å². The molecule has 14 heavy (non-hydrogen) atoms. The Balaban J connectivity index is 2.06. The summed E-state index contributed by atoms with van der Waals surface area (Å²) < 4.78 is 0. The molecule has 2 fully saturated rings. The first kappa shape index (κ1) is 10.9. The highest BCUT2D eigenvalue weighted by molar-refractivity contribution is 9.09. The molecule has 2 heterocycles. The Kier molecular flexibility index (Phi) is 3.54. The van der Waals surface area contributed by atoms with Gasteiger partial charge in [-0.15, -0.1) is 0 Å². The Labute approximate surface area is 96.4 Å². The quantitative estimate of drug-likeness (QED) is 0.701. The van der Waals surface area contributed by atoms with Crippen LogP contribution in [0.25, 0.3) is 0 Å². The van der Waals surface area contributed by atoms with Gasteiger partial charge in [0.2, 0.25) is 0 Å². The second-order valence-corrected chi connectivity index (χ2v) is 6.17. The average Bonchev–Trinajstić information content (AvgIpc) is 2.45. The van der Waals surface area contributed by atoms with Gasteiger partial charge < -0.3 is 0 Å². The zero-order valence-electron chi connectivity index (χ0n) is 9.38. The van der Waals surface area contributed by atoms with Crippen molar-refractivity contribution in [3.8, 4) is 0 Å². The smallest absolute Gasteiger partial charge is 0.0175 e. The van der Waals surface area contributed by atoms with Crippen molar-refractivity contribution in [3.63, 3.8) is 0 Å². The van der Waals surface area contributed by atoms with Crippen LogP contribution >= 0.6 is 15.9 Å². The zero-order chi connectivity index (χ0) is 10.1. The van der Waals surface area contributed by atoms with Gasteiger partial charge in [-0.2, -0.15) is 0 Å². The molecule has 2 bridgehead atoms. The highest BCUT2D eigenvalue weighted by Gasteiger charge is 2.41. The predicted molar refractivity (Wildman–Crippen MR) is 65.0 cm³/mol. The molecular weight excluding hydrogens is 238 g/mol. The van der Waals surface area contributed by atoms with E-state index in [1.807, 2.05) is 0 Å². The van der Waals surface area contributed by atoms with E-state index in [-0.39, 0.29) is 0 Å². The lowest BCUT2D eigenvalue weighted by Gasteiger charge is -2.42. The number of nitrogens with zero attached hydrogens (tertiary/aromatic N) is 1. The molecule has 2 heteroatoms. The van der Waals surface area contributed by atoms with E-state index < -0.39 is 0 Å². The van der Waals surface area contributed by atoms with Crippen LogP contribution in [0.5, 0.6) is 0 Å². The summed E-state index contributed by atoms with van der Waals surface area (Å²) >= 11 is 3.80. The standard InChI is InChI=1S/C12H22BrN/c1-3-10(4-2)14-11-5-6-12(14)8-9(13)7-11/h9-12H,3-8H2,1-2H3. The maximum absolute atomic E-state index is 3.80. The van der Waals surface area contributed by atoms with E-state index in [9.17, 15) is 0 Å². The lowest BCUT2D eigenvalue weighted by molar-refractivity contribution is 0.0853. The zero-order valence-corrected chi connectivity index (χ0v) is 11.0. The van der Waals surface area contributed by atoms with Gasteiger partial charge in [-0.05, 0) is 38.5 Å². The van der Waals surface area contributed by atoms with Crippen LogP contribution in [0.1, 0.15) is 52.4 Å². The van der Waals surface area contributed by atoms with Gasteiger partial charge >= 0.3 is 0 Å². The molecule has 2 aliphatic heterocycles. The first-order valence-electron chi connectivity index (χ1n) is 6.17. The van der Waals surface area contributed by atoms with Gasteiger partial charge in [-0.3, -0.25) is 4.90 Å². The Hall–Kier alpha value is 0.440. The summed E-state index contributed by atoms with van der Waals surface area (Å²) in [5.41, 5.74) is 0. The maximum Gasteiger partial charge on any atom is 0.0175 e. The molecule has 0 aromatic carbocycles. The van der Waals surface area contributed by atoms with Crippen molar-refractivity contribution in [2.75, 3.05) is 0 Å². The monoisotopic (exact) mass is 259 g/mol. The molecule has 2 aliphatic rings. The summed E-state index contributed by atoms with van der Waals surface area (Å²) in [6.45, 7) is 4.68. The fourth-order valence-electron chi connectivity index (χ4n) is 3.45. The topological polar surface area (TPSA) is 3.24 Å². The lowest BCUT2D eigenvalue weighted by atomic mass is 9.98. The lowest BCUT2D eigenvalue weighted by Crippen LogP contribution is -2.48. The Bertz CT molecular complexity index is 177. The number of hydrogen-bond donors (Lipinski definition) is 0. The summed E-state index contributed by atoms with van der Waals surface area (Å²) in [7, 11) is 0. The van der Waals surface area contributed by atoms with E-state index in [2.05, 4.69) is 34.7 Å². The average molecular weight is 260 g/mol. The molecule has 0 amide bonds. The van der Waals surface area contributed by atoms with Crippen molar-refractivity contribution in [2.45, 2.75) is 75.3 Å². The molecule has 82 valence electrons. The van der Waals surface area contributed by atoms with Crippen LogP contribution in [-0.2, 0) is 0 Å². The molecule has 2 atom stereocenters. The van der Waals surface area contributed by atoms with Gasteiger partial charge in [-0.1, -0.05) is 29.8 Å². The van der Waals surface area contributed by atoms with Crippen LogP contribution < -0.4 is 0 Å². The van der Waals surface area contributed by atoms with E-state index in [0.29, 0.717) is 0 Å². The number of alkyl halides is 1. The Morgan fingerprint density at radius 1 is 1.14 bits per heavy atom. The van der Waals surface area contributed by atoms with Crippen LogP contribution in [0.2, 0.25) is 0 Å². The minimum atomic E-state index is 0.797. The van der Waals surface area contributed by atoms with Gasteiger partial charge in [0.1, 0.15) is 0 Å². The fourth-order valence-corrected chi connectivity index (χ4v) is 4.32. The van der Waals surface area contributed by atoms with Crippen molar-refractivity contribution in [2.24, 2.45) is 0 Å². The molecule has 0 saturated carbocycles. The summed E-state index contributed by atoms with van der Waals surface area (Å²) in [6.07, 6.45) is 8.32. The summed E-state index contributed by atoms with van der Waals surface area (Å²) in [5.74, 6) is 0. The number of halogens is 1. The summed E-state index contributed by atoms with van der Waals surface area (Å²) in [4.78, 5) is 3.64. The minimum absolute atomic E-state index is 0.797. The molecule has 1 nitrogen and oxygen atoms in total. The molecule has 2 rings (SSSR count). The summed E-state index contributed by atoms with van der Waals surface area (Å²) in [6, 6.07) is 2.64. The van der Waals surface area contributed by atoms with Gasteiger partial charge in [0.05, 0.1) is 0 Å². The number of hydrogen-bond acceptors (Lipinski definition) is 1. The van der Waals surface area contributed by atoms with E-state index in [1.54, 1.807) is 0 Å². The highest BCUT2D eigenvalue weighted by atomic mass is 79.9. The molecule has 0 aromatic heterocycles. The Morgan fingerprint density at radius 2 is 1.64 bits per heavy atom. The van der Waals surface area contributed by atoms with E-state index in [4.69, 9.17) is 0 Å². The van der Waals surface area contributed by atoms with Crippen LogP contribution in [0.4, 0.5) is 0 Å². The molecule has 0 spiro atoms. The third-order valence-electron chi connectivity index (χ3n) is 4.10. The molecule has 0 N–H and O–H groups in total. The fraction of sp³-hybridized carbons (Fsp3) is 1.00. The number of piperidine rings is 1. The second kappa shape index (κ2) is 4.52. The van der Waals surface area contributed by atoms with Gasteiger partial charge in [0, 0.05) is 23.0 Å². The first-order chi connectivity index (χ1) is 6.76. The SMILES string of the molecule is CCC(CC)N1C2CCC1CC(Br)C2. The normalized spacial score (nSPS) is 38.1.